The van der Waals surface area contributed by atoms with Gasteiger partial charge in [-0.1, -0.05) is 188 Å². The summed E-state index contributed by atoms with van der Waals surface area (Å²) in [5, 5.41) is 8.57. The summed E-state index contributed by atoms with van der Waals surface area (Å²) in [6.07, 6.45) is 33.3. The third kappa shape index (κ3) is 41.0. The molecule has 10 nitrogen and oxygen atoms in total. The number of rotatable bonds is 41. The molecule has 1 unspecified atom stereocenters. The summed E-state index contributed by atoms with van der Waals surface area (Å²) in [6, 6.07) is -0.860. The van der Waals surface area contributed by atoms with Crippen LogP contribution in [0.4, 0.5) is 9.59 Å². The molecule has 3 N–H and O–H groups in total. The van der Waals surface area contributed by atoms with Gasteiger partial charge >= 0.3 is 18.2 Å². The maximum Gasteiger partial charge on any atom is 0.407 e. The Balaban J connectivity index is 4.95. The average Bonchev–Trinajstić information content (AvgIpc) is 3.19. The number of hydrogen-bond acceptors (Lipinski definition) is 8. The molecule has 0 saturated carbocycles. The van der Waals surface area contributed by atoms with Crippen molar-refractivity contribution in [2.45, 2.75) is 252 Å². The van der Waals surface area contributed by atoms with Crippen LogP contribution in [0, 0.1) is 0 Å². The Morgan fingerprint density at radius 1 is 0.508 bits per heavy atom. The van der Waals surface area contributed by atoms with Gasteiger partial charge in [0.1, 0.15) is 24.4 Å². The molecule has 0 saturated heterocycles. The Kier molecular flexibility index (Phi) is 39.7. The summed E-state index contributed by atoms with van der Waals surface area (Å²) in [6.45, 7) is 13.0. The Bertz CT molecular complexity index is 1010. The zero-order valence-corrected chi connectivity index (χ0v) is 40.0. The van der Waals surface area contributed by atoms with Crippen LogP contribution in [0.3, 0.4) is 0 Å². The molecule has 0 aromatic rings. The minimum absolute atomic E-state index is 0.121. The highest BCUT2D eigenvalue weighted by Crippen LogP contribution is 2.16. The average molecular weight is 856 g/mol. The van der Waals surface area contributed by atoms with Gasteiger partial charge in [0.05, 0.1) is 0 Å². The Morgan fingerprint density at radius 2 is 0.898 bits per heavy atom. The van der Waals surface area contributed by atoms with Gasteiger partial charge in [0.25, 0.3) is 0 Å². The third-order valence-electron chi connectivity index (χ3n) is 10.4. The molecule has 2 atom stereocenters. The van der Waals surface area contributed by atoms with Crippen molar-refractivity contribution in [1.82, 2.24) is 16.0 Å². The molecule has 11 heteroatoms. The molecule has 0 aliphatic heterocycles. The lowest BCUT2D eigenvalue weighted by Gasteiger charge is -2.25. The van der Waals surface area contributed by atoms with E-state index >= 15 is 0 Å². The van der Waals surface area contributed by atoms with E-state index < -0.39 is 35.9 Å². The number of alkyl carbamates (subject to hydrolysis) is 2. The van der Waals surface area contributed by atoms with Crippen LogP contribution in [0.15, 0.2) is 0 Å². The van der Waals surface area contributed by atoms with Crippen molar-refractivity contribution >= 4 is 35.8 Å². The van der Waals surface area contributed by atoms with Crippen LogP contribution >= 0.6 is 11.8 Å². The summed E-state index contributed by atoms with van der Waals surface area (Å²) in [7, 11) is 0. The molecule has 348 valence electrons. The highest BCUT2D eigenvalue weighted by atomic mass is 32.2. The first-order valence-electron chi connectivity index (χ1n) is 24.5. The van der Waals surface area contributed by atoms with Crippen LogP contribution < -0.4 is 16.0 Å². The molecular formula is C48H93N3O7S. The van der Waals surface area contributed by atoms with Crippen LogP contribution in [0.2, 0.25) is 0 Å². The molecule has 0 fully saturated rings. The zero-order chi connectivity index (χ0) is 43.7. The van der Waals surface area contributed by atoms with Crippen molar-refractivity contribution in [1.29, 1.82) is 0 Å². The van der Waals surface area contributed by atoms with Gasteiger partial charge in [-0.15, -0.1) is 0 Å². The molecule has 0 bridgehead atoms. The summed E-state index contributed by atoms with van der Waals surface area (Å²) < 4.78 is 16.9. The van der Waals surface area contributed by atoms with Gasteiger partial charge in [-0.2, -0.15) is 11.8 Å². The van der Waals surface area contributed by atoms with Crippen molar-refractivity contribution in [2.75, 3.05) is 31.2 Å². The van der Waals surface area contributed by atoms with Crippen LogP contribution in [0.5, 0.6) is 0 Å². The first-order chi connectivity index (χ1) is 28.5. The number of thioether (sulfide) groups is 1. The molecule has 0 rings (SSSR count). The summed E-state index contributed by atoms with van der Waals surface area (Å²) in [4.78, 5) is 51.6. The van der Waals surface area contributed by atoms with E-state index in [1.807, 2.05) is 0 Å². The lowest BCUT2D eigenvalue weighted by molar-refractivity contribution is -0.157. The summed E-state index contributed by atoms with van der Waals surface area (Å²) >= 11 is 1.35. The summed E-state index contributed by atoms with van der Waals surface area (Å²) in [5.41, 5.74) is -0.714. The van der Waals surface area contributed by atoms with E-state index in [1.54, 1.807) is 20.8 Å². The number of hydrogen-bond donors (Lipinski definition) is 3. The molecule has 0 aromatic carbocycles. The molecule has 0 aliphatic rings. The normalized spacial score (nSPS) is 12.4. The minimum atomic E-state index is -0.860. The maximum atomic E-state index is 13.2. The topological polar surface area (TPSA) is 132 Å². The SMILES string of the molecule is CCCCCCCCCCCCCCCC(=O)NC(CSC[C@H](COC(=O)NCCCCCCCCCC)OC(=O)NCCCCCCCCCC)C(=O)OC(C)(C)C. The van der Waals surface area contributed by atoms with Gasteiger partial charge < -0.3 is 30.2 Å². The quantitative estimate of drug-likeness (QED) is 0.0315. The smallest absolute Gasteiger partial charge is 0.407 e. The zero-order valence-electron chi connectivity index (χ0n) is 39.2. The van der Waals surface area contributed by atoms with E-state index in [9.17, 15) is 19.2 Å². The van der Waals surface area contributed by atoms with E-state index in [1.165, 1.54) is 140 Å². The monoisotopic (exact) mass is 856 g/mol. The van der Waals surface area contributed by atoms with Crippen molar-refractivity contribution in [3.63, 3.8) is 0 Å². The fourth-order valence-electron chi connectivity index (χ4n) is 6.86. The largest absolute Gasteiger partial charge is 0.458 e. The molecular weight excluding hydrogens is 763 g/mol. The lowest BCUT2D eigenvalue weighted by atomic mass is 10.0. The molecule has 0 aromatic heterocycles. The fourth-order valence-corrected chi connectivity index (χ4v) is 7.87. The second-order valence-corrected chi connectivity index (χ2v) is 18.7. The number of esters is 1. The van der Waals surface area contributed by atoms with Crippen molar-refractivity contribution in [2.24, 2.45) is 0 Å². The number of carbonyl (C=O) groups is 4. The molecule has 3 amide bonds. The maximum absolute atomic E-state index is 13.2. The van der Waals surface area contributed by atoms with Crippen molar-refractivity contribution in [3.8, 4) is 0 Å². The standard InChI is InChI=1S/C48H93N3O7S/c1-7-10-13-16-19-22-23-24-25-26-27-30-33-36-44(52)51-43(45(53)58-48(4,5)6)41-59-40-42(57-47(55)50-38-35-32-29-21-18-15-12-9-3)39-56-46(54)49-37-34-31-28-20-17-14-11-8-2/h42-43H,7-41H2,1-6H3,(H,49,54)(H,50,55)(H,51,52)/t42-,43?/m0/s1. The van der Waals surface area contributed by atoms with Crippen molar-refractivity contribution in [3.05, 3.63) is 0 Å². The Labute approximate surface area is 367 Å². The van der Waals surface area contributed by atoms with Crippen LogP contribution in [0.25, 0.3) is 0 Å². The minimum Gasteiger partial charge on any atom is -0.458 e. The van der Waals surface area contributed by atoms with Crippen LogP contribution in [-0.2, 0) is 23.8 Å². The number of ether oxygens (including phenoxy) is 3. The van der Waals surface area contributed by atoms with Crippen LogP contribution in [-0.4, -0.2) is 73.0 Å². The van der Waals surface area contributed by atoms with Gasteiger partial charge in [0.2, 0.25) is 5.91 Å². The first-order valence-corrected chi connectivity index (χ1v) is 25.6. The highest BCUT2D eigenvalue weighted by Gasteiger charge is 2.28. The number of unbranched alkanes of at least 4 members (excludes halogenated alkanes) is 26. The van der Waals surface area contributed by atoms with E-state index in [0.717, 1.165) is 57.8 Å². The Morgan fingerprint density at radius 3 is 1.32 bits per heavy atom. The third-order valence-corrected chi connectivity index (χ3v) is 11.6. The fraction of sp³-hybridized carbons (Fsp3) is 0.917. The lowest BCUT2D eigenvalue weighted by Crippen LogP contribution is -2.46. The van der Waals surface area contributed by atoms with Gasteiger partial charge in [0.15, 0.2) is 0 Å². The molecule has 0 heterocycles. The predicted octanol–water partition coefficient (Wildman–Crippen LogP) is 13.1. The van der Waals surface area contributed by atoms with E-state index in [4.69, 9.17) is 14.2 Å². The molecule has 0 aliphatic carbocycles. The second-order valence-electron chi connectivity index (χ2n) is 17.6. The number of amides is 3. The number of carbonyl (C=O) groups excluding carboxylic acids is 4. The van der Waals surface area contributed by atoms with Gasteiger partial charge in [0, 0.05) is 31.0 Å². The highest BCUT2D eigenvalue weighted by molar-refractivity contribution is 7.99. The molecule has 0 radical (unpaired) electrons. The molecule has 0 spiro atoms. The van der Waals surface area contributed by atoms with E-state index in [-0.39, 0.29) is 24.0 Å². The summed E-state index contributed by atoms with van der Waals surface area (Å²) in [5.74, 6) is -0.177. The second kappa shape index (κ2) is 41.2. The first kappa shape index (κ1) is 56.8. The number of nitrogens with one attached hydrogen (secondary N) is 3. The Hall–Kier alpha value is -2.17. The molecule has 59 heavy (non-hydrogen) atoms. The van der Waals surface area contributed by atoms with Crippen LogP contribution in [0.1, 0.15) is 234 Å². The van der Waals surface area contributed by atoms with Gasteiger partial charge in [-0.25, -0.2) is 14.4 Å². The van der Waals surface area contributed by atoms with Gasteiger partial charge in [-0.3, -0.25) is 4.79 Å². The van der Waals surface area contributed by atoms with Gasteiger partial charge in [-0.05, 0) is 40.0 Å². The van der Waals surface area contributed by atoms with E-state index in [2.05, 4.69) is 36.7 Å². The predicted molar refractivity (Wildman–Crippen MR) is 248 cm³/mol. The van der Waals surface area contributed by atoms with Crippen molar-refractivity contribution < 1.29 is 33.4 Å². The van der Waals surface area contributed by atoms with E-state index in [0.29, 0.717) is 19.5 Å².